The van der Waals surface area contributed by atoms with Crippen LogP contribution in [0.2, 0.25) is 0 Å². The molecular weight excluding hydrogens is 426 g/mol. The Morgan fingerprint density at radius 1 is 1.17 bits per heavy atom. The molecule has 1 fully saturated rings. The first kappa shape index (κ1) is 21.6. The van der Waals surface area contributed by atoms with Gasteiger partial charge >= 0.3 is 23.9 Å². The maximum absolute atomic E-state index is 13.1. The predicted octanol–water partition coefficient (Wildman–Crippen LogP) is 3.71. The molecule has 9 nitrogen and oxygen atoms in total. The van der Waals surface area contributed by atoms with Gasteiger partial charge in [-0.3, -0.25) is 10.1 Å². The Labute approximate surface area is 164 Å². The van der Waals surface area contributed by atoms with Gasteiger partial charge in [0, 0.05) is 20.1 Å². The maximum Gasteiger partial charge on any atom is 0.423 e. The van der Waals surface area contributed by atoms with Crippen LogP contribution < -0.4 is 9.64 Å². The van der Waals surface area contributed by atoms with Crippen molar-refractivity contribution in [3.8, 4) is 11.8 Å². The third-order valence-corrected chi connectivity index (χ3v) is 4.59. The van der Waals surface area contributed by atoms with Crippen molar-refractivity contribution in [2.24, 2.45) is 13.0 Å². The van der Waals surface area contributed by atoms with Crippen LogP contribution in [0.1, 0.15) is 18.4 Å². The summed E-state index contributed by atoms with van der Waals surface area (Å²) < 4.78 is 83.8. The minimum Gasteiger partial charge on any atom is -0.414 e. The summed E-state index contributed by atoms with van der Waals surface area (Å²) in [5, 5.41) is 15.0. The highest BCUT2D eigenvalue weighted by Crippen LogP contribution is 2.42. The van der Waals surface area contributed by atoms with Crippen LogP contribution in [0, 0.1) is 16.0 Å². The number of rotatable bonds is 4. The molecule has 0 spiro atoms. The Hall–Kier alpha value is -3.13. The van der Waals surface area contributed by atoms with Gasteiger partial charge in [0.25, 0.3) is 0 Å². The number of piperidine rings is 1. The van der Waals surface area contributed by atoms with Crippen LogP contribution in [0.15, 0.2) is 12.5 Å². The molecule has 0 unspecified atom stereocenters. The van der Waals surface area contributed by atoms with Crippen molar-refractivity contribution in [2.45, 2.75) is 25.2 Å². The highest BCUT2D eigenvalue weighted by Gasteiger charge is 2.43. The molecule has 1 aliphatic rings. The highest BCUT2D eigenvalue weighted by molar-refractivity contribution is 5.63. The lowest BCUT2D eigenvalue weighted by Crippen LogP contribution is -2.39. The molecule has 0 aromatic carbocycles. The van der Waals surface area contributed by atoms with Crippen molar-refractivity contribution in [2.75, 3.05) is 18.0 Å². The summed E-state index contributed by atoms with van der Waals surface area (Å²) in [6.07, 6.45) is -8.51. The molecule has 0 aliphatic carbocycles. The summed E-state index contributed by atoms with van der Waals surface area (Å²) in [5.41, 5.74) is -2.12. The van der Waals surface area contributed by atoms with Crippen LogP contribution >= 0.6 is 0 Å². The number of nitro groups is 1. The maximum atomic E-state index is 13.1. The Balaban J connectivity index is 1.94. The average Bonchev–Trinajstić information content (AvgIpc) is 3.01. The second-order valence-corrected chi connectivity index (χ2v) is 6.50. The molecule has 2 aromatic heterocycles. The van der Waals surface area contributed by atoms with E-state index in [9.17, 15) is 36.5 Å². The molecule has 0 saturated carbocycles. The van der Waals surface area contributed by atoms with Crippen LogP contribution in [-0.4, -0.2) is 43.9 Å². The van der Waals surface area contributed by atoms with Gasteiger partial charge in [-0.2, -0.15) is 36.4 Å². The first-order valence-corrected chi connectivity index (χ1v) is 8.47. The van der Waals surface area contributed by atoms with E-state index in [-0.39, 0.29) is 31.7 Å². The fourth-order valence-corrected chi connectivity index (χ4v) is 3.07. The number of aryl methyl sites for hydroxylation is 1. The standard InChI is InChI=1S/C15H14F6N6O3/c1-25-13(9(6-24-25)15(19,20)21)30-12-10(27(28)29)11(22-7-23-12)26-4-2-8(3-5-26)14(16,17)18/h6-8H,2-5H2,1H3. The van der Waals surface area contributed by atoms with Crippen LogP contribution in [0.3, 0.4) is 0 Å². The minimum atomic E-state index is -4.84. The fraction of sp³-hybridized carbons (Fsp3) is 0.533. The molecule has 1 saturated heterocycles. The highest BCUT2D eigenvalue weighted by atomic mass is 19.4. The Morgan fingerprint density at radius 3 is 2.33 bits per heavy atom. The molecule has 15 heteroatoms. The van der Waals surface area contributed by atoms with Crippen LogP contribution in [0.25, 0.3) is 0 Å². The molecule has 0 radical (unpaired) electrons. The second-order valence-electron chi connectivity index (χ2n) is 6.50. The zero-order chi connectivity index (χ0) is 22.3. The molecule has 2 aromatic rings. The lowest BCUT2D eigenvalue weighted by molar-refractivity contribution is -0.385. The molecule has 3 heterocycles. The van der Waals surface area contributed by atoms with Crippen LogP contribution in [0.4, 0.5) is 37.8 Å². The largest absolute Gasteiger partial charge is 0.423 e. The number of anilines is 1. The Bertz CT molecular complexity index is 936. The third-order valence-electron chi connectivity index (χ3n) is 4.59. The van der Waals surface area contributed by atoms with E-state index >= 15 is 0 Å². The molecule has 0 amide bonds. The van der Waals surface area contributed by atoms with E-state index in [1.165, 1.54) is 4.90 Å². The topological polar surface area (TPSA) is 99.2 Å². The van der Waals surface area contributed by atoms with Crippen LogP contribution in [0.5, 0.6) is 11.8 Å². The number of hydrogen-bond donors (Lipinski definition) is 0. The summed E-state index contributed by atoms with van der Waals surface area (Å²) in [6, 6.07) is 0. The van der Waals surface area contributed by atoms with Crippen molar-refractivity contribution < 1.29 is 36.0 Å². The first-order chi connectivity index (χ1) is 13.9. The summed E-state index contributed by atoms with van der Waals surface area (Å²) in [5.74, 6) is -3.49. The number of halogens is 6. The van der Waals surface area contributed by atoms with Gasteiger partial charge in [-0.25, -0.2) is 9.67 Å². The Kier molecular flexibility index (Phi) is 5.47. The van der Waals surface area contributed by atoms with Gasteiger partial charge in [0.2, 0.25) is 11.7 Å². The second kappa shape index (κ2) is 7.60. The normalized spacial score (nSPS) is 16.0. The average molecular weight is 440 g/mol. The van der Waals surface area contributed by atoms with Crippen molar-refractivity contribution in [3.63, 3.8) is 0 Å². The molecule has 1 aliphatic heterocycles. The zero-order valence-corrected chi connectivity index (χ0v) is 15.2. The number of nitrogens with zero attached hydrogens (tertiary/aromatic N) is 6. The van der Waals surface area contributed by atoms with E-state index in [1.807, 2.05) is 0 Å². The molecular formula is C15H14F6N6O3. The van der Waals surface area contributed by atoms with E-state index in [1.54, 1.807) is 0 Å². The lowest BCUT2D eigenvalue weighted by atomic mass is 9.96. The SMILES string of the molecule is Cn1ncc(C(F)(F)F)c1Oc1ncnc(N2CCC(C(F)(F)F)CC2)c1[N+](=O)[O-]. The molecule has 3 rings (SSSR count). The van der Waals surface area contributed by atoms with Crippen molar-refractivity contribution >= 4 is 11.5 Å². The smallest absolute Gasteiger partial charge is 0.414 e. The summed E-state index contributed by atoms with van der Waals surface area (Å²) in [4.78, 5) is 19.2. The molecule has 0 atom stereocenters. The molecule has 30 heavy (non-hydrogen) atoms. The van der Waals surface area contributed by atoms with Gasteiger partial charge in [0.05, 0.1) is 17.0 Å². The van der Waals surface area contributed by atoms with Crippen molar-refractivity contribution in [1.82, 2.24) is 19.7 Å². The monoisotopic (exact) mass is 440 g/mol. The number of alkyl halides is 6. The van der Waals surface area contributed by atoms with E-state index in [4.69, 9.17) is 4.74 Å². The van der Waals surface area contributed by atoms with Gasteiger partial charge in [-0.15, -0.1) is 0 Å². The number of hydrogen-bond acceptors (Lipinski definition) is 7. The van der Waals surface area contributed by atoms with Crippen molar-refractivity contribution in [3.05, 3.63) is 28.2 Å². The van der Waals surface area contributed by atoms with Crippen molar-refractivity contribution in [1.29, 1.82) is 0 Å². The molecule has 0 N–H and O–H groups in total. The predicted molar refractivity (Wildman–Crippen MR) is 88.0 cm³/mol. The first-order valence-electron chi connectivity index (χ1n) is 8.47. The minimum absolute atomic E-state index is 0.180. The number of aromatic nitrogens is 4. The van der Waals surface area contributed by atoms with E-state index < -0.39 is 46.2 Å². The number of ether oxygens (including phenoxy) is 1. The molecule has 164 valence electrons. The Morgan fingerprint density at radius 2 is 1.80 bits per heavy atom. The lowest BCUT2D eigenvalue weighted by Gasteiger charge is -2.33. The summed E-state index contributed by atoms with van der Waals surface area (Å²) >= 11 is 0. The zero-order valence-electron chi connectivity index (χ0n) is 15.2. The van der Waals surface area contributed by atoms with Gasteiger partial charge in [0.15, 0.2) is 0 Å². The van der Waals surface area contributed by atoms with Crippen LogP contribution in [-0.2, 0) is 13.2 Å². The van der Waals surface area contributed by atoms with Gasteiger partial charge in [-0.1, -0.05) is 0 Å². The van der Waals surface area contributed by atoms with E-state index in [0.717, 1.165) is 18.1 Å². The van der Waals surface area contributed by atoms with Gasteiger partial charge < -0.3 is 9.64 Å². The molecule has 0 bridgehead atoms. The quantitative estimate of drug-likeness (QED) is 0.406. The van der Waals surface area contributed by atoms with Gasteiger partial charge in [-0.05, 0) is 12.8 Å². The van der Waals surface area contributed by atoms with E-state index in [0.29, 0.717) is 6.20 Å². The fourth-order valence-electron chi connectivity index (χ4n) is 3.07. The van der Waals surface area contributed by atoms with E-state index in [2.05, 4.69) is 15.1 Å². The third kappa shape index (κ3) is 4.23. The summed E-state index contributed by atoms with van der Waals surface area (Å²) in [7, 11) is 1.14. The van der Waals surface area contributed by atoms with Gasteiger partial charge in [0.1, 0.15) is 11.9 Å². The summed E-state index contributed by atoms with van der Waals surface area (Å²) in [6.45, 7) is -0.359.